The molecule has 1 rings (SSSR count). The van der Waals surface area contributed by atoms with Gasteiger partial charge in [-0.15, -0.1) is 0 Å². The first-order chi connectivity index (χ1) is 8.65. The SMILES string of the molecule is Cc1cc(Br)c(S(=O)(=O)NCC(C)S(C)=O)cc1Br. The average Bonchev–Trinajstić information content (AvgIpc) is 2.30. The van der Waals surface area contributed by atoms with Gasteiger partial charge in [-0.2, -0.15) is 0 Å². The van der Waals surface area contributed by atoms with Gasteiger partial charge in [-0.05, 0) is 47.5 Å². The molecule has 8 heteroatoms. The Morgan fingerprint density at radius 3 is 2.42 bits per heavy atom. The molecule has 0 aliphatic heterocycles. The van der Waals surface area contributed by atoms with E-state index in [1.807, 2.05) is 6.92 Å². The van der Waals surface area contributed by atoms with Crippen molar-refractivity contribution in [3.05, 3.63) is 26.6 Å². The largest absolute Gasteiger partial charge is 0.260 e. The molecular formula is C11H15Br2NO3S2. The van der Waals surface area contributed by atoms with Gasteiger partial charge in [0.25, 0.3) is 0 Å². The molecule has 0 saturated carbocycles. The summed E-state index contributed by atoms with van der Waals surface area (Å²) in [6, 6.07) is 3.29. The van der Waals surface area contributed by atoms with Crippen molar-refractivity contribution < 1.29 is 12.6 Å². The lowest BCUT2D eigenvalue weighted by Crippen LogP contribution is -2.32. The van der Waals surface area contributed by atoms with Crippen molar-refractivity contribution in [1.82, 2.24) is 4.72 Å². The Morgan fingerprint density at radius 1 is 1.32 bits per heavy atom. The molecule has 0 aromatic heterocycles. The Kier molecular flexibility index (Phi) is 6.19. The van der Waals surface area contributed by atoms with Gasteiger partial charge in [0.1, 0.15) is 0 Å². The number of nitrogens with one attached hydrogen (secondary N) is 1. The molecule has 0 heterocycles. The summed E-state index contributed by atoms with van der Waals surface area (Å²) in [5.41, 5.74) is 0.939. The lowest BCUT2D eigenvalue weighted by atomic mass is 10.2. The van der Waals surface area contributed by atoms with E-state index in [1.165, 1.54) is 0 Å². The van der Waals surface area contributed by atoms with Crippen LogP contribution >= 0.6 is 31.9 Å². The predicted octanol–water partition coefficient (Wildman–Crippen LogP) is 2.57. The van der Waals surface area contributed by atoms with E-state index in [0.29, 0.717) is 4.47 Å². The molecule has 0 amide bonds. The van der Waals surface area contributed by atoms with Crippen LogP contribution in [0.3, 0.4) is 0 Å². The Hall–Kier alpha value is 0.240. The number of hydrogen-bond acceptors (Lipinski definition) is 3. The van der Waals surface area contributed by atoms with Crippen LogP contribution in [-0.4, -0.2) is 30.7 Å². The van der Waals surface area contributed by atoms with Crippen LogP contribution in [0.2, 0.25) is 0 Å². The summed E-state index contributed by atoms with van der Waals surface area (Å²) in [6.45, 7) is 3.75. The molecule has 0 radical (unpaired) electrons. The van der Waals surface area contributed by atoms with Crippen molar-refractivity contribution in [3.8, 4) is 0 Å². The van der Waals surface area contributed by atoms with E-state index >= 15 is 0 Å². The first kappa shape index (κ1) is 17.3. The zero-order valence-electron chi connectivity index (χ0n) is 10.7. The zero-order chi connectivity index (χ0) is 14.8. The van der Waals surface area contributed by atoms with Crippen LogP contribution in [-0.2, 0) is 20.8 Å². The second kappa shape index (κ2) is 6.80. The van der Waals surface area contributed by atoms with E-state index in [0.717, 1.165) is 10.0 Å². The summed E-state index contributed by atoms with van der Waals surface area (Å²) >= 11 is 6.57. The molecule has 1 aromatic carbocycles. The van der Waals surface area contributed by atoms with Crippen LogP contribution in [0.25, 0.3) is 0 Å². The summed E-state index contributed by atoms with van der Waals surface area (Å²) < 4.78 is 39.3. The topological polar surface area (TPSA) is 63.2 Å². The fourth-order valence-electron chi connectivity index (χ4n) is 1.26. The number of halogens is 2. The molecule has 0 aliphatic rings. The van der Waals surface area contributed by atoms with Gasteiger partial charge in [-0.3, -0.25) is 4.21 Å². The average molecular weight is 433 g/mol. The van der Waals surface area contributed by atoms with E-state index in [9.17, 15) is 12.6 Å². The molecule has 108 valence electrons. The highest BCUT2D eigenvalue weighted by atomic mass is 79.9. The fourth-order valence-corrected chi connectivity index (χ4v) is 4.49. The van der Waals surface area contributed by atoms with Gasteiger partial charge >= 0.3 is 0 Å². The van der Waals surface area contributed by atoms with Gasteiger partial charge in [-0.25, -0.2) is 13.1 Å². The van der Waals surface area contributed by atoms with Crippen molar-refractivity contribution in [2.45, 2.75) is 24.0 Å². The minimum Gasteiger partial charge on any atom is -0.260 e. The van der Waals surface area contributed by atoms with Gasteiger partial charge in [0.05, 0.1) is 4.90 Å². The molecular weight excluding hydrogens is 418 g/mol. The van der Waals surface area contributed by atoms with Crippen LogP contribution in [0, 0.1) is 6.92 Å². The highest BCUT2D eigenvalue weighted by Crippen LogP contribution is 2.28. The summed E-state index contributed by atoms with van der Waals surface area (Å²) in [6.07, 6.45) is 1.55. The summed E-state index contributed by atoms with van der Waals surface area (Å²) in [4.78, 5) is 0.166. The number of benzene rings is 1. The van der Waals surface area contributed by atoms with Gasteiger partial charge in [0.2, 0.25) is 10.0 Å². The van der Waals surface area contributed by atoms with Crippen molar-refractivity contribution in [2.24, 2.45) is 0 Å². The standard InChI is InChI=1S/C11H15Br2NO3S2/c1-7-4-10(13)11(5-9(7)12)19(16,17)14-6-8(2)18(3)15/h4-5,8,14H,6H2,1-3H3. The Morgan fingerprint density at radius 2 is 1.89 bits per heavy atom. The molecule has 0 bridgehead atoms. The number of sulfonamides is 1. The fraction of sp³-hybridized carbons (Fsp3) is 0.455. The van der Waals surface area contributed by atoms with Crippen LogP contribution in [0.5, 0.6) is 0 Å². The van der Waals surface area contributed by atoms with Gasteiger partial charge < -0.3 is 0 Å². The predicted molar refractivity (Wildman–Crippen MR) is 85.3 cm³/mol. The number of hydrogen-bond donors (Lipinski definition) is 1. The number of aryl methyl sites for hydroxylation is 1. The maximum atomic E-state index is 12.2. The molecule has 2 unspecified atom stereocenters. The van der Waals surface area contributed by atoms with Gasteiger partial charge in [-0.1, -0.05) is 15.9 Å². The van der Waals surface area contributed by atoms with Crippen LogP contribution < -0.4 is 4.72 Å². The summed E-state index contributed by atoms with van der Waals surface area (Å²) in [5, 5.41) is -0.234. The Balaban J connectivity index is 3.01. The van der Waals surface area contributed by atoms with Gasteiger partial charge in [0.15, 0.2) is 0 Å². The van der Waals surface area contributed by atoms with Crippen LogP contribution in [0.4, 0.5) is 0 Å². The van der Waals surface area contributed by atoms with E-state index in [-0.39, 0.29) is 16.7 Å². The third-order valence-electron chi connectivity index (χ3n) is 2.63. The summed E-state index contributed by atoms with van der Waals surface area (Å²) in [5.74, 6) is 0. The second-order valence-corrected chi connectivity index (χ2v) is 9.44. The molecule has 1 aromatic rings. The first-order valence-electron chi connectivity index (χ1n) is 5.42. The van der Waals surface area contributed by atoms with Crippen LogP contribution in [0.15, 0.2) is 26.0 Å². The zero-order valence-corrected chi connectivity index (χ0v) is 15.5. The second-order valence-electron chi connectivity index (χ2n) is 4.19. The number of rotatable bonds is 5. The highest BCUT2D eigenvalue weighted by Gasteiger charge is 2.20. The molecule has 1 N–H and O–H groups in total. The molecule has 0 saturated heterocycles. The Labute approximate surface area is 133 Å². The van der Waals surface area contributed by atoms with E-state index < -0.39 is 20.8 Å². The maximum Gasteiger partial charge on any atom is 0.241 e. The van der Waals surface area contributed by atoms with E-state index in [4.69, 9.17) is 0 Å². The maximum absolute atomic E-state index is 12.2. The minimum absolute atomic E-state index is 0.142. The van der Waals surface area contributed by atoms with Crippen molar-refractivity contribution in [1.29, 1.82) is 0 Å². The lowest BCUT2D eigenvalue weighted by molar-refractivity contribution is 0.580. The molecule has 0 spiro atoms. The molecule has 0 aliphatic carbocycles. The third-order valence-corrected chi connectivity index (χ3v) is 7.17. The monoisotopic (exact) mass is 431 g/mol. The smallest absolute Gasteiger partial charge is 0.241 e. The van der Waals surface area contributed by atoms with Crippen molar-refractivity contribution >= 4 is 52.7 Å². The molecule has 2 atom stereocenters. The van der Waals surface area contributed by atoms with Crippen molar-refractivity contribution in [2.75, 3.05) is 12.8 Å². The minimum atomic E-state index is -3.62. The van der Waals surface area contributed by atoms with Crippen LogP contribution in [0.1, 0.15) is 12.5 Å². The van der Waals surface area contributed by atoms with Gasteiger partial charge in [0, 0.05) is 37.8 Å². The molecule has 4 nitrogen and oxygen atoms in total. The Bertz CT molecular complexity index is 602. The highest BCUT2D eigenvalue weighted by molar-refractivity contribution is 9.11. The van der Waals surface area contributed by atoms with E-state index in [2.05, 4.69) is 36.6 Å². The third kappa shape index (κ3) is 4.63. The summed E-state index contributed by atoms with van der Waals surface area (Å²) in [7, 11) is -4.68. The quantitative estimate of drug-likeness (QED) is 0.777. The molecule has 0 fully saturated rings. The van der Waals surface area contributed by atoms with Crippen molar-refractivity contribution in [3.63, 3.8) is 0 Å². The lowest BCUT2D eigenvalue weighted by Gasteiger charge is -2.12. The van der Waals surface area contributed by atoms with E-state index in [1.54, 1.807) is 25.3 Å². The normalized spacial score (nSPS) is 15.2. The first-order valence-corrected chi connectivity index (χ1v) is 10.1. The molecule has 19 heavy (non-hydrogen) atoms.